The number of halogens is 3. The first kappa shape index (κ1) is 24.5. The zero-order valence-corrected chi connectivity index (χ0v) is 20.7. The summed E-state index contributed by atoms with van der Waals surface area (Å²) in [6, 6.07) is 12.3. The van der Waals surface area contributed by atoms with Crippen LogP contribution in [0.3, 0.4) is 0 Å². The number of nitrogen functional groups attached to an aromatic ring is 1. The molecule has 0 saturated heterocycles. The van der Waals surface area contributed by atoms with E-state index < -0.39 is 19.2 Å². The van der Waals surface area contributed by atoms with E-state index in [1.165, 1.54) is 12.1 Å². The lowest BCUT2D eigenvalue weighted by Gasteiger charge is -2.21. The Balaban J connectivity index is 1.83. The summed E-state index contributed by atoms with van der Waals surface area (Å²) in [5.41, 5.74) is 9.12. The second kappa shape index (κ2) is 9.80. The summed E-state index contributed by atoms with van der Waals surface area (Å²) in [5.74, 6) is -0.0353. The average molecular weight is 496 g/mol. The lowest BCUT2D eigenvalue weighted by molar-refractivity contribution is 0.227. The third-order valence-electron chi connectivity index (χ3n) is 5.19. The summed E-state index contributed by atoms with van der Waals surface area (Å²) in [4.78, 5) is 4.24. The van der Waals surface area contributed by atoms with E-state index in [4.69, 9.17) is 33.7 Å². The van der Waals surface area contributed by atoms with Crippen LogP contribution in [0.5, 0.6) is 5.75 Å². The zero-order valence-electron chi connectivity index (χ0n) is 18.3. The summed E-state index contributed by atoms with van der Waals surface area (Å²) in [7, 11) is -0.455. The van der Waals surface area contributed by atoms with Crippen LogP contribution in [0.15, 0.2) is 48.7 Å². The van der Waals surface area contributed by atoms with Crippen LogP contribution in [-0.2, 0) is 11.1 Å². The smallest absolute Gasteiger partial charge is 0.166 e. The number of benzene rings is 2. The van der Waals surface area contributed by atoms with Crippen molar-refractivity contribution in [1.82, 2.24) is 9.65 Å². The van der Waals surface area contributed by atoms with Gasteiger partial charge in [-0.15, -0.1) is 0 Å². The first-order chi connectivity index (χ1) is 15.0. The molecule has 0 radical (unpaired) electrons. The van der Waals surface area contributed by atoms with Crippen LogP contribution in [0, 0.1) is 5.82 Å². The van der Waals surface area contributed by atoms with Crippen LogP contribution in [0.4, 0.5) is 10.2 Å². The molecule has 3 rings (SSSR count). The summed E-state index contributed by atoms with van der Waals surface area (Å²) >= 11 is 12.3. The first-order valence-electron chi connectivity index (χ1n) is 9.89. The second-order valence-corrected chi connectivity index (χ2v) is 12.0. The minimum atomic E-state index is -2.30. The molecule has 32 heavy (non-hydrogen) atoms. The number of hydrogen-bond donors (Lipinski definition) is 1. The van der Waals surface area contributed by atoms with E-state index in [0.29, 0.717) is 22.9 Å². The van der Waals surface area contributed by atoms with Crippen molar-refractivity contribution in [3.05, 3.63) is 75.7 Å². The topological polar surface area (TPSA) is 68.5 Å². The van der Waals surface area contributed by atoms with E-state index in [9.17, 15) is 8.96 Å². The lowest BCUT2D eigenvalue weighted by atomic mass is 10.1. The average Bonchev–Trinajstić information content (AvgIpc) is 2.72. The van der Waals surface area contributed by atoms with Gasteiger partial charge in [0.2, 0.25) is 0 Å². The minimum absolute atomic E-state index is 0.0862. The van der Waals surface area contributed by atoms with E-state index in [0.717, 1.165) is 16.7 Å². The van der Waals surface area contributed by atoms with Gasteiger partial charge in [0, 0.05) is 42.2 Å². The number of rotatable bonds is 7. The van der Waals surface area contributed by atoms with Crippen LogP contribution in [0.1, 0.15) is 24.2 Å². The molecule has 0 fully saturated rings. The van der Waals surface area contributed by atoms with Gasteiger partial charge in [0.25, 0.3) is 0 Å². The van der Waals surface area contributed by atoms with Gasteiger partial charge in [-0.3, -0.25) is 4.67 Å². The monoisotopic (exact) mass is 495 g/mol. The predicted molar refractivity (Wildman–Crippen MR) is 130 cm³/mol. The molecule has 1 atom stereocenters. The van der Waals surface area contributed by atoms with Crippen LogP contribution in [-0.4, -0.2) is 30.0 Å². The molecule has 0 spiro atoms. The molecule has 9 heteroatoms. The number of pyridine rings is 1. The fraction of sp³-hybridized carbons (Fsp3) is 0.261. The van der Waals surface area contributed by atoms with Gasteiger partial charge >= 0.3 is 0 Å². The van der Waals surface area contributed by atoms with Gasteiger partial charge < -0.3 is 15.0 Å². The molecule has 0 aliphatic heterocycles. The zero-order chi connectivity index (χ0) is 23.6. The molecule has 1 heterocycles. The SMILES string of the molecule is CC(Oc1cc(-c2ccc(CN(C)P(C)(C)=O)cc2)cnc1N)c1c(Cl)ccc(F)c1Cl. The minimum Gasteiger partial charge on any atom is -0.482 e. The molecule has 0 amide bonds. The highest BCUT2D eigenvalue weighted by Gasteiger charge is 2.20. The van der Waals surface area contributed by atoms with Gasteiger partial charge in [-0.2, -0.15) is 0 Å². The summed E-state index contributed by atoms with van der Waals surface area (Å²) in [5, 5.41) is 0.216. The normalized spacial score (nSPS) is 12.8. The molecule has 0 aliphatic carbocycles. The summed E-state index contributed by atoms with van der Waals surface area (Å²) < 4.78 is 33.9. The van der Waals surface area contributed by atoms with E-state index in [-0.39, 0.29) is 10.8 Å². The van der Waals surface area contributed by atoms with Crippen molar-refractivity contribution in [3.8, 4) is 16.9 Å². The highest BCUT2D eigenvalue weighted by molar-refractivity contribution is 7.59. The Hall–Kier alpha value is -2.11. The number of ether oxygens (including phenoxy) is 1. The third kappa shape index (κ3) is 5.62. The Labute approximate surface area is 197 Å². The largest absolute Gasteiger partial charge is 0.482 e. The van der Waals surface area contributed by atoms with E-state index >= 15 is 0 Å². The molecule has 0 aliphatic rings. The Morgan fingerprint density at radius 1 is 1.16 bits per heavy atom. The van der Waals surface area contributed by atoms with Crippen molar-refractivity contribution >= 4 is 36.3 Å². The molecule has 1 unspecified atom stereocenters. The molecule has 5 nitrogen and oxygen atoms in total. The molecular formula is C23H25Cl2FN3O2P. The van der Waals surface area contributed by atoms with E-state index in [2.05, 4.69) is 4.98 Å². The molecule has 0 bridgehead atoms. The van der Waals surface area contributed by atoms with E-state index in [1.54, 1.807) is 32.5 Å². The second-order valence-electron chi connectivity index (χ2n) is 7.93. The van der Waals surface area contributed by atoms with Crippen molar-refractivity contribution in [2.75, 3.05) is 26.1 Å². The molecule has 1 aromatic heterocycles. The Morgan fingerprint density at radius 3 is 2.44 bits per heavy atom. The van der Waals surface area contributed by atoms with Gasteiger partial charge in [-0.1, -0.05) is 47.5 Å². The van der Waals surface area contributed by atoms with Gasteiger partial charge in [-0.05, 0) is 43.3 Å². The van der Waals surface area contributed by atoms with E-state index in [1.807, 2.05) is 36.0 Å². The maximum Gasteiger partial charge on any atom is 0.166 e. The lowest BCUT2D eigenvalue weighted by Crippen LogP contribution is -2.13. The number of hydrogen-bond acceptors (Lipinski definition) is 4. The Kier molecular flexibility index (Phi) is 7.51. The molecule has 3 aromatic rings. The molecule has 2 N–H and O–H groups in total. The Bertz CT molecular complexity index is 1170. The summed E-state index contributed by atoms with van der Waals surface area (Å²) in [6.45, 7) is 5.79. The highest BCUT2D eigenvalue weighted by Crippen LogP contribution is 2.41. The molecular weight excluding hydrogens is 471 g/mol. The third-order valence-corrected chi connectivity index (χ3v) is 7.69. The maximum atomic E-state index is 13.9. The number of nitrogens with zero attached hydrogens (tertiary/aromatic N) is 2. The van der Waals surface area contributed by atoms with Crippen molar-refractivity contribution < 1.29 is 13.7 Å². The molecule has 2 aromatic carbocycles. The standard InChI is InChI=1S/C23H25Cl2FN3O2P/c1-14(21-18(24)9-10-19(26)22(21)25)31-20-11-17(12-28-23(20)27)16-7-5-15(6-8-16)13-29(2)32(3,4)30/h5-12,14H,13H2,1-4H3,(H2,27,28). The van der Waals surface area contributed by atoms with Crippen molar-refractivity contribution in [1.29, 1.82) is 0 Å². The Morgan fingerprint density at radius 2 is 1.81 bits per heavy atom. The molecule has 0 saturated carbocycles. The van der Waals surface area contributed by atoms with Crippen molar-refractivity contribution in [2.45, 2.75) is 19.6 Å². The number of nitrogens with two attached hydrogens (primary N) is 1. The van der Waals surface area contributed by atoms with Crippen LogP contribution < -0.4 is 10.5 Å². The van der Waals surface area contributed by atoms with Gasteiger partial charge in [0.1, 0.15) is 19.2 Å². The van der Waals surface area contributed by atoms with Crippen molar-refractivity contribution in [2.24, 2.45) is 0 Å². The van der Waals surface area contributed by atoms with Crippen molar-refractivity contribution in [3.63, 3.8) is 0 Å². The first-order valence-corrected chi connectivity index (χ1v) is 13.2. The quantitative estimate of drug-likeness (QED) is 0.285. The van der Waals surface area contributed by atoms with Crippen LogP contribution in [0.2, 0.25) is 10.0 Å². The predicted octanol–water partition coefficient (Wildman–Crippen LogP) is 6.89. The van der Waals surface area contributed by atoms with Crippen LogP contribution >= 0.6 is 30.5 Å². The van der Waals surface area contributed by atoms with Crippen LogP contribution in [0.25, 0.3) is 11.1 Å². The number of anilines is 1. The van der Waals surface area contributed by atoms with Gasteiger partial charge in [0.05, 0.1) is 5.02 Å². The summed E-state index contributed by atoms with van der Waals surface area (Å²) in [6.07, 6.45) is 1.00. The van der Waals surface area contributed by atoms with Gasteiger partial charge in [-0.25, -0.2) is 9.37 Å². The fourth-order valence-corrected chi connectivity index (χ4v) is 4.29. The molecule has 170 valence electrons. The number of aromatic nitrogens is 1. The maximum absolute atomic E-state index is 13.9. The van der Waals surface area contributed by atoms with Gasteiger partial charge in [0.15, 0.2) is 11.6 Å². The fourth-order valence-electron chi connectivity index (χ4n) is 3.11. The highest BCUT2D eigenvalue weighted by atomic mass is 35.5.